The molecular formula is C9H10ClN5. The highest BCUT2D eigenvalue weighted by Gasteiger charge is 2.08. The number of hydrogen-bond donors (Lipinski definition) is 1. The van der Waals surface area contributed by atoms with Gasteiger partial charge in [-0.2, -0.15) is 0 Å². The molecule has 0 saturated carbocycles. The predicted octanol–water partition coefficient (Wildman–Crippen LogP) is 1.60. The van der Waals surface area contributed by atoms with Gasteiger partial charge < -0.3 is 5.73 Å². The molecule has 1 aromatic carbocycles. The van der Waals surface area contributed by atoms with E-state index in [0.29, 0.717) is 23.1 Å². The molecule has 78 valence electrons. The minimum Gasteiger partial charge on any atom is -0.399 e. The summed E-state index contributed by atoms with van der Waals surface area (Å²) in [6.07, 6.45) is 0. The van der Waals surface area contributed by atoms with Crippen LogP contribution in [0.25, 0.3) is 11.4 Å². The van der Waals surface area contributed by atoms with Crippen LogP contribution in [-0.2, 0) is 6.54 Å². The quantitative estimate of drug-likeness (QED) is 0.785. The van der Waals surface area contributed by atoms with Gasteiger partial charge in [0, 0.05) is 22.8 Å². The van der Waals surface area contributed by atoms with Crippen molar-refractivity contribution in [3.8, 4) is 11.4 Å². The van der Waals surface area contributed by atoms with Crippen molar-refractivity contribution in [2.75, 3.05) is 5.73 Å². The van der Waals surface area contributed by atoms with Gasteiger partial charge in [-0.15, -0.1) is 5.10 Å². The first-order valence-electron chi connectivity index (χ1n) is 4.53. The first kappa shape index (κ1) is 9.92. The second kappa shape index (κ2) is 3.86. The lowest BCUT2D eigenvalue weighted by Gasteiger charge is -2.03. The van der Waals surface area contributed by atoms with Gasteiger partial charge in [-0.3, -0.25) is 0 Å². The molecule has 0 aliphatic carbocycles. The van der Waals surface area contributed by atoms with Gasteiger partial charge in [-0.25, -0.2) is 4.68 Å². The number of nitrogens with two attached hydrogens (primary N) is 1. The number of hydrogen-bond acceptors (Lipinski definition) is 4. The normalized spacial score (nSPS) is 10.5. The van der Waals surface area contributed by atoms with Crippen LogP contribution in [0, 0.1) is 0 Å². The zero-order valence-corrected chi connectivity index (χ0v) is 8.94. The summed E-state index contributed by atoms with van der Waals surface area (Å²) in [6, 6.07) is 5.27. The van der Waals surface area contributed by atoms with Crippen molar-refractivity contribution >= 4 is 17.3 Å². The topological polar surface area (TPSA) is 69.6 Å². The Morgan fingerprint density at radius 3 is 2.87 bits per heavy atom. The summed E-state index contributed by atoms with van der Waals surface area (Å²) < 4.78 is 1.69. The Labute approximate surface area is 91.8 Å². The number of benzene rings is 1. The highest BCUT2D eigenvalue weighted by atomic mass is 35.5. The summed E-state index contributed by atoms with van der Waals surface area (Å²) in [5.74, 6) is 0.673. The van der Waals surface area contributed by atoms with Crippen molar-refractivity contribution in [3.05, 3.63) is 23.2 Å². The van der Waals surface area contributed by atoms with E-state index in [-0.39, 0.29) is 0 Å². The van der Waals surface area contributed by atoms with Crippen LogP contribution in [0.5, 0.6) is 0 Å². The molecule has 2 aromatic rings. The molecule has 15 heavy (non-hydrogen) atoms. The molecule has 1 aromatic heterocycles. The summed E-state index contributed by atoms with van der Waals surface area (Å²) in [5.41, 5.74) is 7.12. The maximum atomic E-state index is 5.90. The second-order valence-electron chi connectivity index (χ2n) is 3.09. The average Bonchev–Trinajstić information content (AvgIpc) is 2.63. The number of rotatable bonds is 2. The van der Waals surface area contributed by atoms with Gasteiger partial charge in [0.05, 0.1) is 0 Å². The Balaban J connectivity index is 2.53. The lowest BCUT2D eigenvalue weighted by atomic mass is 10.2. The predicted molar refractivity (Wildman–Crippen MR) is 58.3 cm³/mol. The van der Waals surface area contributed by atoms with Crippen LogP contribution < -0.4 is 5.73 Å². The van der Waals surface area contributed by atoms with E-state index in [1.165, 1.54) is 0 Å². The molecule has 0 amide bonds. The van der Waals surface area contributed by atoms with Gasteiger partial charge in [0.15, 0.2) is 5.82 Å². The molecule has 0 unspecified atom stereocenters. The Morgan fingerprint density at radius 1 is 1.40 bits per heavy atom. The van der Waals surface area contributed by atoms with Crippen LogP contribution in [0.3, 0.4) is 0 Å². The Bertz CT molecular complexity index is 459. The van der Waals surface area contributed by atoms with Crippen LogP contribution in [0.1, 0.15) is 6.92 Å². The van der Waals surface area contributed by atoms with Crippen molar-refractivity contribution in [2.24, 2.45) is 0 Å². The first-order valence-corrected chi connectivity index (χ1v) is 4.91. The van der Waals surface area contributed by atoms with Crippen molar-refractivity contribution in [2.45, 2.75) is 13.5 Å². The minimum atomic E-state index is 0.579. The number of tetrazole rings is 1. The molecule has 0 radical (unpaired) electrons. The summed E-state index contributed by atoms with van der Waals surface area (Å²) in [6.45, 7) is 2.67. The summed E-state index contributed by atoms with van der Waals surface area (Å²) in [7, 11) is 0. The van der Waals surface area contributed by atoms with Gasteiger partial charge in [-0.1, -0.05) is 11.6 Å². The van der Waals surface area contributed by atoms with Crippen LogP contribution in [0.2, 0.25) is 5.02 Å². The van der Waals surface area contributed by atoms with Gasteiger partial charge in [0.25, 0.3) is 0 Å². The molecule has 0 aliphatic heterocycles. The highest BCUT2D eigenvalue weighted by molar-refractivity contribution is 6.31. The Hall–Kier alpha value is -1.62. The van der Waals surface area contributed by atoms with E-state index >= 15 is 0 Å². The molecule has 1 heterocycles. The van der Waals surface area contributed by atoms with E-state index in [1.807, 2.05) is 6.92 Å². The molecule has 2 N–H and O–H groups in total. The van der Waals surface area contributed by atoms with Crippen molar-refractivity contribution in [1.82, 2.24) is 20.2 Å². The summed E-state index contributed by atoms with van der Waals surface area (Å²) in [4.78, 5) is 0. The lowest BCUT2D eigenvalue weighted by molar-refractivity contribution is 0.631. The molecule has 0 saturated heterocycles. The number of halogens is 1. The lowest BCUT2D eigenvalue weighted by Crippen LogP contribution is -2.00. The van der Waals surface area contributed by atoms with E-state index in [1.54, 1.807) is 22.9 Å². The minimum absolute atomic E-state index is 0.579. The van der Waals surface area contributed by atoms with Gasteiger partial charge in [0.1, 0.15) is 0 Å². The van der Waals surface area contributed by atoms with E-state index in [4.69, 9.17) is 17.3 Å². The SMILES string of the molecule is CCn1nnnc1-c1cc(N)cc(Cl)c1. The van der Waals surface area contributed by atoms with Crippen LogP contribution in [-0.4, -0.2) is 20.2 Å². The summed E-state index contributed by atoms with van der Waals surface area (Å²) in [5, 5.41) is 12.0. The maximum Gasteiger partial charge on any atom is 0.182 e. The van der Waals surface area contributed by atoms with Crippen LogP contribution in [0.15, 0.2) is 18.2 Å². The fourth-order valence-corrected chi connectivity index (χ4v) is 1.61. The fourth-order valence-electron chi connectivity index (χ4n) is 1.37. The number of nitrogen functional groups attached to an aromatic ring is 1. The molecule has 0 fully saturated rings. The van der Waals surface area contributed by atoms with Crippen LogP contribution in [0.4, 0.5) is 5.69 Å². The molecule has 2 rings (SSSR count). The number of aromatic nitrogens is 4. The standard InChI is InChI=1S/C9H10ClN5/c1-2-15-9(12-13-14-15)6-3-7(10)5-8(11)4-6/h3-5H,2,11H2,1H3. The Morgan fingerprint density at radius 2 is 2.20 bits per heavy atom. The largest absolute Gasteiger partial charge is 0.399 e. The summed E-state index contributed by atoms with van der Waals surface area (Å²) >= 11 is 5.90. The zero-order chi connectivity index (χ0) is 10.8. The maximum absolute atomic E-state index is 5.90. The molecular weight excluding hydrogens is 214 g/mol. The van der Waals surface area contributed by atoms with Gasteiger partial charge in [-0.05, 0) is 35.5 Å². The molecule has 0 bridgehead atoms. The molecule has 0 aliphatic rings. The third kappa shape index (κ3) is 1.92. The van der Waals surface area contributed by atoms with Crippen molar-refractivity contribution < 1.29 is 0 Å². The molecule has 0 spiro atoms. The first-order chi connectivity index (χ1) is 7.20. The van der Waals surface area contributed by atoms with Crippen LogP contribution >= 0.6 is 11.6 Å². The van der Waals surface area contributed by atoms with Crippen molar-refractivity contribution in [1.29, 1.82) is 0 Å². The van der Waals surface area contributed by atoms with E-state index in [0.717, 1.165) is 5.56 Å². The Kier molecular flexibility index (Phi) is 2.55. The monoisotopic (exact) mass is 223 g/mol. The number of anilines is 1. The smallest absolute Gasteiger partial charge is 0.182 e. The molecule has 0 atom stereocenters. The van der Waals surface area contributed by atoms with E-state index in [2.05, 4.69) is 15.5 Å². The van der Waals surface area contributed by atoms with Gasteiger partial charge in [0.2, 0.25) is 0 Å². The number of nitrogens with zero attached hydrogens (tertiary/aromatic N) is 4. The van der Waals surface area contributed by atoms with Crippen molar-refractivity contribution in [3.63, 3.8) is 0 Å². The van der Waals surface area contributed by atoms with Gasteiger partial charge >= 0.3 is 0 Å². The molecule has 6 heteroatoms. The average molecular weight is 224 g/mol. The molecule has 5 nitrogen and oxygen atoms in total. The third-order valence-corrected chi connectivity index (χ3v) is 2.23. The number of aryl methyl sites for hydroxylation is 1. The second-order valence-corrected chi connectivity index (χ2v) is 3.53. The zero-order valence-electron chi connectivity index (χ0n) is 8.18. The fraction of sp³-hybridized carbons (Fsp3) is 0.222. The van der Waals surface area contributed by atoms with E-state index in [9.17, 15) is 0 Å². The highest BCUT2D eigenvalue weighted by Crippen LogP contribution is 2.23. The van der Waals surface area contributed by atoms with E-state index < -0.39 is 0 Å². The third-order valence-electron chi connectivity index (χ3n) is 2.01.